The Labute approximate surface area is 156 Å². The van der Waals surface area contributed by atoms with E-state index in [1.54, 1.807) is 11.1 Å². The topological polar surface area (TPSA) is 15.8 Å². The van der Waals surface area contributed by atoms with E-state index in [2.05, 4.69) is 68.7 Å². The molecule has 0 spiro atoms. The van der Waals surface area contributed by atoms with Gasteiger partial charge in [0.15, 0.2) is 0 Å². The first-order valence-corrected chi connectivity index (χ1v) is 11.0. The van der Waals surface area contributed by atoms with Gasteiger partial charge >= 0.3 is 0 Å². The fraction of sp³-hybridized carbons (Fsp3) is 0.565. The molecule has 2 atom stereocenters. The third kappa shape index (κ3) is 2.77. The van der Waals surface area contributed by atoms with E-state index in [1.807, 2.05) is 0 Å². The fourth-order valence-corrected chi connectivity index (χ4v) is 5.99. The summed E-state index contributed by atoms with van der Waals surface area (Å²) < 4.78 is 0.337. The number of hydrogen-bond acceptors (Lipinski definition) is 1. The van der Waals surface area contributed by atoms with Crippen LogP contribution in [0.5, 0.6) is 0 Å². The normalized spacial score (nSPS) is 28.6. The fourth-order valence-electron chi connectivity index (χ4n) is 4.85. The predicted octanol–water partition coefficient (Wildman–Crippen LogP) is 6.56. The zero-order valence-electron chi connectivity index (χ0n) is 16.2. The first-order valence-electron chi connectivity index (χ1n) is 9.99. The van der Waals surface area contributed by atoms with E-state index in [4.69, 9.17) is 0 Å². The summed E-state index contributed by atoms with van der Waals surface area (Å²) in [5, 5.41) is 1.48. The van der Waals surface area contributed by atoms with Gasteiger partial charge in [-0.3, -0.25) is 0 Å². The van der Waals surface area contributed by atoms with Crippen molar-refractivity contribution in [2.24, 2.45) is 0 Å². The minimum absolute atomic E-state index is 0.214. The lowest BCUT2D eigenvalue weighted by Crippen LogP contribution is -2.38. The summed E-state index contributed by atoms with van der Waals surface area (Å²) in [6.07, 6.45) is 10.0. The number of nitrogens with one attached hydrogen (secondary N) is 1. The standard InChI is InChI=1S/C23H31NS/c1-5-13-25-22(3)11-12-23(4)17(15-22)8-9-18-19-14-16(6-2)7-10-20(19)24-21(18)23/h7,10,14-15,24H,5-6,8-9,11-13H2,1-4H3. The van der Waals surface area contributed by atoms with E-state index in [1.165, 1.54) is 60.0 Å². The van der Waals surface area contributed by atoms with Crippen LogP contribution in [0.1, 0.15) is 70.2 Å². The Morgan fingerprint density at radius 3 is 2.72 bits per heavy atom. The van der Waals surface area contributed by atoms with Crippen LogP contribution in [0.25, 0.3) is 10.9 Å². The third-order valence-corrected chi connectivity index (χ3v) is 8.11. The highest BCUT2D eigenvalue weighted by Crippen LogP contribution is 2.52. The number of benzene rings is 1. The highest BCUT2D eigenvalue weighted by atomic mass is 32.2. The maximum absolute atomic E-state index is 3.83. The maximum Gasteiger partial charge on any atom is 0.0459 e. The highest BCUT2D eigenvalue weighted by molar-refractivity contribution is 8.00. The molecule has 1 heterocycles. The number of aryl methyl sites for hydroxylation is 2. The summed E-state index contributed by atoms with van der Waals surface area (Å²) in [6, 6.07) is 7.00. The van der Waals surface area contributed by atoms with Gasteiger partial charge in [-0.25, -0.2) is 0 Å². The van der Waals surface area contributed by atoms with Gasteiger partial charge in [0.1, 0.15) is 0 Å². The molecule has 0 saturated carbocycles. The largest absolute Gasteiger partial charge is 0.357 e. The van der Waals surface area contributed by atoms with E-state index in [-0.39, 0.29) is 5.41 Å². The molecule has 25 heavy (non-hydrogen) atoms. The first kappa shape index (κ1) is 17.3. The van der Waals surface area contributed by atoms with Crippen molar-refractivity contribution in [2.75, 3.05) is 5.75 Å². The Morgan fingerprint density at radius 2 is 1.96 bits per heavy atom. The van der Waals surface area contributed by atoms with Gasteiger partial charge in [-0.1, -0.05) is 38.5 Å². The van der Waals surface area contributed by atoms with Gasteiger partial charge in [0.05, 0.1) is 0 Å². The summed E-state index contributed by atoms with van der Waals surface area (Å²) >= 11 is 2.16. The second-order valence-corrected chi connectivity index (χ2v) is 10.0. The van der Waals surface area contributed by atoms with E-state index in [0.717, 1.165) is 6.42 Å². The van der Waals surface area contributed by atoms with Crippen LogP contribution in [-0.4, -0.2) is 15.5 Å². The van der Waals surface area contributed by atoms with Gasteiger partial charge in [0.2, 0.25) is 0 Å². The Hall–Kier alpha value is -1.15. The molecule has 2 aliphatic carbocycles. The highest BCUT2D eigenvalue weighted by Gasteiger charge is 2.44. The molecule has 2 unspecified atom stereocenters. The van der Waals surface area contributed by atoms with Gasteiger partial charge in [-0.15, -0.1) is 0 Å². The quantitative estimate of drug-likeness (QED) is 0.616. The van der Waals surface area contributed by atoms with Gasteiger partial charge in [-0.05, 0) is 74.5 Å². The number of thioether (sulfide) groups is 1. The lowest BCUT2D eigenvalue weighted by atomic mass is 9.64. The molecule has 0 aliphatic heterocycles. The summed E-state index contributed by atoms with van der Waals surface area (Å²) in [4.78, 5) is 3.83. The van der Waals surface area contributed by atoms with Gasteiger partial charge < -0.3 is 4.98 Å². The van der Waals surface area contributed by atoms with Crippen LogP contribution in [0.2, 0.25) is 0 Å². The van der Waals surface area contributed by atoms with Gasteiger partial charge in [0, 0.05) is 26.8 Å². The molecule has 1 nitrogen and oxygen atoms in total. The number of aromatic amines is 1. The Balaban J connectivity index is 1.78. The molecule has 2 aliphatic rings. The summed E-state index contributed by atoms with van der Waals surface area (Å²) in [5.74, 6) is 1.27. The molecule has 0 bridgehead atoms. The van der Waals surface area contributed by atoms with E-state index in [0.29, 0.717) is 4.75 Å². The molecular weight excluding hydrogens is 322 g/mol. The van der Waals surface area contributed by atoms with Crippen LogP contribution in [0.15, 0.2) is 29.8 Å². The average Bonchev–Trinajstić information content (AvgIpc) is 3.00. The van der Waals surface area contributed by atoms with Crippen molar-refractivity contribution in [3.05, 3.63) is 46.7 Å². The molecule has 0 amide bonds. The van der Waals surface area contributed by atoms with Crippen molar-refractivity contribution in [1.29, 1.82) is 0 Å². The van der Waals surface area contributed by atoms with Crippen molar-refractivity contribution >= 4 is 22.7 Å². The molecule has 0 radical (unpaired) electrons. The van der Waals surface area contributed by atoms with Gasteiger partial charge in [-0.2, -0.15) is 11.8 Å². The third-order valence-electron chi connectivity index (χ3n) is 6.52. The number of H-pyrrole nitrogens is 1. The molecule has 4 rings (SSSR count). The Morgan fingerprint density at radius 1 is 1.12 bits per heavy atom. The molecule has 0 saturated heterocycles. The van der Waals surface area contributed by atoms with Gasteiger partial charge in [0.25, 0.3) is 0 Å². The van der Waals surface area contributed by atoms with E-state index >= 15 is 0 Å². The van der Waals surface area contributed by atoms with Crippen molar-refractivity contribution < 1.29 is 0 Å². The van der Waals surface area contributed by atoms with Crippen LogP contribution in [-0.2, 0) is 18.3 Å². The van der Waals surface area contributed by atoms with Crippen molar-refractivity contribution in [2.45, 2.75) is 76.4 Å². The summed E-state index contributed by atoms with van der Waals surface area (Å²) in [5.41, 5.74) is 7.78. The monoisotopic (exact) mass is 353 g/mol. The van der Waals surface area contributed by atoms with Crippen molar-refractivity contribution in [3.63, 3.8) is 0 Å². The second kappa shape index (κ2) is 6.23. The molecule has 134 valence electrons. The summed E-state index contributed by atoms with van der Waals surface area (Å²) in [7, 11) is 0. The van der Waals surface area contributed by atoms with Crippen molar-refractivity contribution in [1.82, 2.24) is 4.98 Å². The molecular formula is C23H31NS. The lowest BCUT2D eigenvalue weighted by molar-refractivity contribution is 0.398. The molecule has 0 fully saturated rings. The van der Waals surface area contributed by atoms with Crippen LogP contribution in [0, 0.1) is 0 Å². The van der Waals surface area contributed by atoms with Crippen LogP contribution >= 0.6 is 11.8 Å². The second-order valence-electron chi connectivity index (χ2n) is 8.37. The van der Waals surface area contributed by atoms with Crippen LogP contribution < -0.4 is 0 Å². The zero-order chi connectivity index (χ0) is 17.7. The zero-order valence-corrected chi connectivity index (χ0v) is 17.0. The molecule has 2 heteroatoms. The average molecular weight is 354 g/mol. The minimum atomic E-state index is 0.214. The first-order chi connectivity index (χ1) is 12.0. The summed E-state index contributed by atoms with van der Waals surface area (Å²) in [6.45, 7) is 9.47. The Bertz CT molecular complexity index is 830. The number of allylic oxidation sites excluding steroid dienone is 1. The predicted molar refractivity (Wildman–Crippen MR) is 112 cm³/mol. The molecule has 1 N–H and O–H groups in total. The smallest absolute Gasteiger partial charge is 0.0459 e. The van der Waals surface area contributed by atoms with Crippen LogP contribution in [0.4, 0.5) is 0 Å². The number of rotatable bonds is 4. The SMILES string of the molecule is CCCSC1(C)C=C2CCc3c([nH]c4ccc(CC)cc34)C2(C)CC1. The number of aromatic nitrogens is 1. The van der Waals surface area contributed by atoms with Crippen LogP contribution in [0.3, 0.4) is 0 Å². The minimum Gasteiger partial charge on any atom is -0.357 e. The lowest BCUT2D eigenvalue weighted by Gasteiger charge is -2.45. The molecule has 2 aromatic rings. The van der Waals surface area contributed by atoms with Crippen molar-refractivity contribution in [3.8, 4) is 0 Å². The Kier molecular flexibility index (Phi) is 4.30. The molecule has 1 aromatic carbocycles. The maximum atomic E-state index is 3.83. The van der Waals surface area contributed by atoms with E-state index < -0.39 is 0 Å². The number of fused-ring (bicyclic) bond motifs is 5. The molecule has 1 aromatic heterocycles. The van der Waals surface area contributed by atoms with E-state index in [9.17, 15) is 0 Å². The number of hydrogen-bond donors (Lipinski definition) is 1.